The second kappa shape index (κ2) is 9.49. The van der Waals surface area contributed by atoms with Gasteiger partial charge in [0.25, 0.3) is 0 Å². The lowest BCUT2D eigenvalue weighted by Crippen LogP contribution is -2.41. The zero-order valence-electron chi connectivity index (χ0n) is 24.7. The van der Waals surface area contributed by atoms with Crippen LogP contribution in [0.25, 0.3) is 22.4 Å². The summed E-state index contributed by atoms with van der Waals surface area (Å²) < 4.78 is 18.1. The Morgan fingerprint density at radius 1 is 1.02 bits per heavy atom. The van der Waals surface area contributed by atoms with Gasteiger partial charge in [0.1, 0.15) is 11.4 Å². The zero-order chi connectivity index (χ0) is 28.4. The number of rotatable bonds is 4. The fourth-order valence-electron chi connectivity index (χ4n) is 6.11. The smallest absolute Gasteiger partial charge is 0.444 e. The van der Waals surface area contributed by atoms with Gasteiger partial charge in [0.2, 0.25) is 0 Å². The highest BCUT2D eigenvalue weighted by atomic mass is 16.7. The highest BCUT2D eigenvalue weighted by Crippen LogP contribution is 2.40. The van der Waals surface area contributed by atoms with Gasteiger partial charge < -0.3 is 24.3 Å². The van der Waals surface area contributed by atoms with Crippen LogP contribution in [0.1, 0.15) is 90.6 Å². The largest absolute Gasteiger partial charge is 0.494 e. The molecular weight excluding hydrogens is 501 g/mol. The molecule has 0 radical (unpaired) electrons. The van der Waals surface area contributed by atoms with Crippen LogP contribution in [0.2, 0.25) is 0 Å². The molecule has 0 spiro atoms. The zero-order valence-corrected chi connectivity index (χ0v) is 24.7. The lowest BCUT2D eigenvalue weighted by Gasteiger charge is -2.32. The molecule has 2 N–H and O–H groups in total. The third kappa shape index (κ3) is 4.96. The molecule has 2 aromatic carbocycles. The maximum atomic E-state index is 12.4. The minimum atomic E-state index is -0.517. The van der Waals surface area contributed by atoms with Crippen molar-refractivity contribution in [2.24, 2.45) is 0 Å². The first kappa shape index (κ1) is 27.1. The Morgan fingerprint density at radius 2 is 1.70 bits per heavy atom. The minimum Gasteiger partial charge on any atom is -0.444 e. The number of benzene rings is 2. The van der Waals surface area contributed by atoms with E-state index in [0.29, 0.717) is 0 Å². The topological polar surface area (TPSA) is 85.5 Å². The summed E-state index contributed by atoms with van der Waals surface area (Å²) in [5.41, 5.74) is 7.09. The van der Waals surface area contributed by atoms with Crippen LogP contribution in [-0.4, -0.2) is 46.0 Å². The maximum Gasteiger partial charge on any atom is 0.494 e. The van der Waals surface area contributed by atoms with Crippen molar-refractivity contribution in [3.63, 3.8) is 0 Å². The molecule has 3 aromatic rings. The first-order valence-corrected chi connectivity index (χ1v) is 14.5. The van der Waals surface area contributed by atoms with Gasteiger partial charge in [-0.15, -0.1) is 0 Å². The molecule has 2 heterocycles. The van der Waals surface area contributed by atoms with Crippen LogP contribution in [0.15, 0.2) is 42.6 Å². The van der Waals surface area contributed by atoms with E-state index in [1.165, 1.54) is 22.3 Å². The summed E-state index contributed by atoms with van der Waals surface area (Å²) in [5.74, 6) is 1.07. The van der Waals surface area contributed by atoms with Crippen molar-refractivity contribution in [1.82, 2.24) is 15.3 Å². The number of hydrogen-bond donors (Lipinski definition) is 2. The van der Waals surface area contributed by atoms with Crippen molar-refractivity contribution in [3.05, 3.63) is 59.5 Å². The average molecular weight is 542 g/mol. The number of alkyl carbamates (subject to hydrolysis) is 1. The van der Waals surface area contributed by atoms with Gasteiger partial charge in [0.15, 0.2) is 0 Å². The first-order valence-electron chi connectivity index (χ1n) is 14.5. The standard InChI is InChI=1S/C32H40BN3O4/c1-30(2,3)38-29(37)36-26-10-8-9-25(26)28-34-18-27(35-28)19-11-13-23-20(15-19)16-21-17-22(12-14-24(21)23)33-39-31(4,5)32(6,7)40-33/h11-15,17-18,25-26H,8-10,16H2,1-7H3,(H,34,35)(H,36,37)/t25-,26-/m0/s1. The fourth-order valence-corrected chi connectivity index (χ4v) is 6.11. The Balaban J connectivity index is 1.18. The summed E-state index contributed by atoms with van der Waals surface area (Å²) in [7, 11) is -0.359. The van der Waals surface area contributed by atoms with Gasteiger partial charge in [-0.1, -0.05) is 36.8 Å². The summed E-state index contributed by atoms with van der Waals surface area (Å²) in [5, 5.41) is 3.07. The number of carbonyl (C=O) groups is 1. The Kier molecular flexibility index (Phi) is 6.43. The Hall–Kier alpha value is -3.10. The molecule has 40 heavy (non-hydrogen) atoms. The monoisotopic (exact) mass is 541 g/mol. The van der Waals surface area contributed by atoms with Crippen molar-refractivity contribution >= 4 is 18.7 Å². The van der Waals surface area contributed by atoms with Crippen LogP contribution in [0.3, 0.4) is 0 Å². The van der Waals surface area contributed by atoms with Crippen molar-refractivity contribution in [2.45, 2.75) is 103 Å². The van der Waals surface area contributed by atoms with E-state index in [2.05, 4.69) is 74.4 Å². The number of ether oxygens (including phenoxy) is 1. The molecule has 210 valence electrons. The summed E-state index contributed by atoms with van der Waals surface area (Å²) in [6.45, 7) is 14.0. The van der Waals surface area contributed by atoms with Gasteiger partial charge in [0, 0.05) is 12.0 Å². The maximum absolute atomic E-state index is 12.4. The lowest BCUT2D eigenvalue weighted by molar-refractivity contribution is 0.00578. The SMILES string of the molecule is CC(C)(C)OC(=O)N[C@H]1CCC[C@@H]1c1ncc(-c2ccc3c(c2)Cc2cc(B4OC(C)(C)C(C)(C)O4)ccc2-3)[nH]1. The van der Waals surface area contributed by atoms with E-state index in [0.717, 1.165) is 48.2 Å². The predicted molar refractivity (Wildman–Crippen MR) is 158 cm³/mol. The predicted octanol–water partition coefficient (Wildman–Crippen LogP) is 6.11. The van der Waals surface area contributed by atoms with E-state index in [-0.39, 0.29) is 36.4 Å². The van der Waals surface area contributed by atoms with Crippen LogP contribution < -0.4 is 10.8 Å². The molecule has 2 fully saturated rings. The summed E-state index contributed by atoms with van der Waals surface area (Å²) in [6.07, 6.45) is 5.38. The molecule has 1 aliphatic heterocycles. The molecule has 2 aliphatic carbocycles. The van der Waals surface area contributed by atoms with E-state index in [1.54, 1.807) is 0 Å². The average Bonchev–Trinajstić information content (AvgIpc) is 3.61. The molecule has 0 unspecified atom stereocenters. The molecule has 0 bridgehead atoms. The minimum absolute atomic E-state index is 0.0153. The number of H-pyrrole nitrogens is 1. The summed E-state index contributed by atoms with van der Waals surface area (Å²) in [4.78, 5) is 20.7. The number of nitrogens with zero attached hydrogens (tertiary/aromatic N) is 1. The first-order chi connectivity index (χ1) is 18.8. The summed E-state index contributed by atoms with van der Waals surface area (Å²) >= 11 is 0. The molecule has 7 nitrogen and oxygen atoms in total. The van der Waals surface area contributed by atoms with Crippen LogP contribution in [0.5, 0.6) is 0 Å². The number of fused-ring (bicyclic) bond motifs is 3. The van der Waals surface area contributed by atoms with E-state index in [9.17, 15) is 4.79 Å². The normalized spacial score (nSPS) is 22.7. The molecule has 1 saturated heterocycles. The highest BCUT2D eigenvalue weighted by molar-refractivity contribution is 6.62. The lowest BCUT2D eigenvalue weighted by atomic mass is 9.78. The van der Waals surface area contributed by atoms with Gasteiger partial charge in [-0.25, -0.2) is 9.78 Å². The molecule has 2 atom stereocenters. The molecule has 6 rings (SSSR count). The molecule has 3 aliphatic rings. The van der Waals surface area contributed by atoms with Gasteiger partial charge in [-0.2, -0.15) is 0 Å². The van der Waals surface area contributed by atoms with Crippen molar-refractivity contribution < 1.29 is 18.8 Å². The number of hydrogen-bond acceptors (Lipinski definition) is 5. The van der Waals surface area contributed by atoms with Crippen molar-refractivity contribution in [1.29, 1.82) is 0 Å². The van der Waals surface area contributed by atoms with Gasteiger partial charge in [-0.3, -0.25) is 0 Å². The van der Waals surface area contributed by atoms with Crippen LogP contribution >= 0.6 is 0 Å². The number of amides is 1. The van der Waals surface area contributed by atoms with Crippen LogP contribution in [0, 0.1) is 0 Å². The highest BCUT2D eigenvalue weighted by Gasteiger charge is 2.51. The van der Waals surface area contributed by atoms with Crippen LogP contribution in [-0.2, 0) is 20.5 Å². The molecule has 1 amide bonds. The van der Waals surface area contributed by atoms with E-state index in [4.69, 9.17) is 19.0 Å². The Labute approximate surface area is 237 Å². The third-order valence-electron chi connectivity index (χ3n) is 8.91. The van der Waals surface area contributed by atoms with Crippen molar-refractivity contribution in [2.75, 3.05) is 0 Å². The second-order valence-corrected chi connectivity index (χ2v) is 13.5. The van der Waals surface area contributed by atoms with Gasteiger partial charge in [0.05, 0.1) is 23.1 Å². The number of imidazole rings is 1. The van der Waals surface area contributed by atoms with Gasteiger partial charge in [-0.05, 0) is 107 Å². The number of carbonyl (C=O) groups excluding carboxylic acids is 1. The quantitative estimate of drug-likeness (QED) is 0.305. The van der Waals surface area contributed by atoms with E-state index < -0.39 is 5.60 Å². The number of aromatic nitrogens is 2. The molecular formula is C32H40BN3O4. The van der Waals surface area contributed by atoms with Crippen molar-refractivity contribution in [3.8, 4) is 22.4 Å². The Morgan fingerprint density at radius 3 is 2.40 bits per heavy atom. The van der Waals surface area contributed by atoms with Crippen LogP contribution in [0.4, 0.5) is 4.79 Å². The molecule has 1 saturated carbocycles. The summed E-state index contributed by atoms with van der Waals surface area (Å²) in [6, 6.07) is 13.2. The van der Waals surface area contributed by atoms with Gasteiger partial charge >= 0.3 is 13.2 Å². The number of aromatic amines is 1. The number of nitrogens with one attached hydrogen (secondary N) is 2. The van der Waals surface area contributed by atoms with E-state index >= 15 is 0 Å². The second-order valence-electron chi connectivity index (χ2n) is 13.5. The fraction of sp³-hybridized carbons (Fsp3) is 0.500. The third-order valence-corrected chi connectivity index (χ3v) is 8.91. The van der Waals surface area contributed by atoms with E-state index in [1.807, 2.05) is 27.0 Å². The Bertz CT molecular complexity index is 1440. The molecule has 1 aromatic heterocycles. The molecule has 8 heteroatoms.